The van der Waals surface area contributed by atoms with Crippen molar-refractivity contribution in [1.82, 2.24) is 0 Å². The Morgan fingerprint density at radius 3 is 1.95 bits per heavy atom. The van der Waals surface area contributed by atoms with E-state index in [4.69, 9.17) is 0 Å². The molecular formula is C18H31O. The molecule has 1 heteroatoms. The molecule has 1 radical (unpaired) electrons. The second-order valence-electron chi connectivity index (χ2n) is 5.13. The summed E-state index contributed by atoms with van der Waals surface area (Å²) in [7, 11) is 0. The van der Waals surface area contributed by atoms with Crippen molar-refractivity contribution in [3.8, 4) is 0 Å². The van der Waals surface area contributed by atoms with E-state index in [1.54, 1.807) is 0 Å². The first-order chi connectivity index (χ1) is 9.41. The fourth-order valence-electron chi connectivity index (χ4n) is 2.01. The van der Waals surface area contributed by atoms with Gasteiger partial charge in [0, 0.05) is 6.42 Å². The summed E-state index contributed by atoms with van der Waals surface area (Å²) < 4.78 is 0. The van der Waals surface area contributed by atoms with Crippen molar-refractivity contribution in [3.05, 3.63) is 24.3 Å². The molecule has 0 spiro atoms. The molecule has 1 nitrogen and oxygen atoms in total. The topological polar surface area (TPSA) is 17.1 Å². The van der Waals surface area contributed by atoms with Crippen molar-refractivity contribution in [2.75, 3.05) is 0 Å². The molecule has 109 valence electrons. The van der Waals surface area contributed by atoms with Crippen LogP contribution in [0, 0.1) is 0 Å². The van der Waals surface area contributed by atoms with Gasteiger partial charge in [-0.3, -0.25) is 4.79 Å². The van der Waals surface area contributed by atoms with Gasteiger partial charge in [0.1, 0.15) is 0 Å². The normalized spacial score (nSPS) is 11.6. The van der Waals surface area contributed by atoms with Crippen LogP contribution in [0.25, 0.3) is 0 Å². The first-order valence-electron chi connectivity index (χ1n) is 8.06. The van der Waals surface area contributed by atoms with Crippen LogP contribution in [0.15, 0.2) is 24.3 Å². The highest BCUT2D eigenvalue weighted by Gasteiger charge is 1.89. The molecule has 0 atom stereocenters. The summed E-state index contributed by atoms with van der Waals surface area (Å²) in [6.45, 7) is 2.24. The van der Waals surface area contributed by atoms with Crippen LogP contribution in [0.4, 0.5) is 0 Å². The summed E-state index contributed by atoms with van der Waals surface area (Å²) in [5.74, 6) is 0. The summed E-state index contributed by atoms with van der Waals surface area (Å²) in [5.41, 5.74) is 0. The van der Waals surface area contributed by atoms with Gasteiger partial charge in [-0.15, -0.1) is 0 Å². The summed E-state index contributed by atoms with van der Waals surface area (Å²) in [6, 6.07) is 0. The smallest absolute Gasteiger partial charge is 0.198 e. The lowest BCUT2D eigenvalue weighted by Gasteiger charge is -1.96. The van der Waals surface area contributed by atoms with Gasteiger partial charge in [-0.2, -0.15) is 0 Å². The monoisotopic (exact) mass is 263 g/mol. The molecule has 0 amide bonds. The predicted octanol–water partition coefficient (Wildman–Crippen LogP) is 5.91. The van der Waals surface area contributed by atoms with E-state index in [9.17, 15) is 4.79 Å². The van der Waals surface area contributed by atoms with E-state index in [0.717, 1.165) is 12.8 Å². The Morgan fingerprint density at radius 1 is 0.737 bits per heavy atom. The van der Waals surface area contributed by atoms with Crippen LogP contribution in [0.1, 0.15) is 84.0 Å². The number of allylic oxidation sites excluding steroid dienone is 4. The van der Waals surface area contributed by atoms with Gasteiger partial charge in [-0.25, -0.2) is 0 Å². The van der Waals surface area contributed by atoms with Crippen molar-refractivity contribution in [2.45, 2.75) is 84.0 Å². The van der Waals surface area contributed by atoms with E-state index >= 15 is 0 Å². The third kappa shape index (κ3) is 17.1. The van der Waals surface area contributed by atoms with Crippen LogP contribution in [-0.4, -0.2) is 6.29 Å². The number of carbonyl (C=O) groups excluding carboxylic acids is 1. The van der Waals surface area contributed by atoms with Crippen LogP contribution in [0.2, 0.25) is 0 Å². The fraction of sp³-hybridized carbons (Fsp3) is 0.722. The molecule has 0 rings (SSSR count). The van der Waals surface area contributed by atoms with Crippen LogP contribution in [0.3, 0.4) is 0 Å². The summed E-state index contributed by atoms with van der Waals surface area (Å²) >= 11 is 0. The Morgan fingerprint density at radius 2 is 1.32 bits per heavy atom. The lowest BCUT2D eigenvalue weighted by molar-refractivity contribution is 0.542. The highest BCUT2D eigenvalue weighted by atomic mass is 16.1. The van der Waals surface area contributed by atoms with Crippen LogP contribution in [0.5, 0.6) is 0 Å². The Bertz CT molecular complexity index is 228. The number of hydrogen-bond acceptors (Lipinski definition) is 1. The van der Waals surface area contributed by atoms with Gasteiger partial charge in [0.2, 0.25) is 0 Å². The number of hydrogen-bond donors (Lipinski definition) is 0. The average molecular weight is 263 g/mol. The molecule has 0 aromatic heterocycles. The molecule has 0 aromatic rings. The molecule has 0 bridgehead atoms. The van der Waals surface area contributed by atoms with Crippen molar-refractivity contribution < 1.29 is 4.79 Å². The fourth-order valence-corrected chi connectivity index (χ4v) is 2.01. The average Bonchev–Trinajstić information content (AvgIpc) is 2.43. The molecular weight excluding hydrogens is 232 g/mol. The maximum absolute atomic E-state index is 10.00. The molecule has 0 N–H and O–H groups in total. The quantitative estimate of drug-likeness (QED) is 0.281. The van der Waals surface area contributed by atoms with E-state index in [0.29, 0.717) is 6.42 Å². The van der Waals surface area contributed by atoms with Crippen molar-refractivity contribution in [2.24, 2.45) is 0 Å². The van der Waals surface area contributed by atoms with Crippen molar-refractivity contribution in [3.63, 3.8) is 0 Å². The van der Waals surface area contributed by atoms with Gasteiger partial charge in [0.15, 0.2) is 6.29 Å². The highest BCUT2D eigenvalue weighted by molar-refractivity contribution is 5.50. The first kappa shape index (κ1) is 18.1. The minimum absolute atomic E-state index is 0.616. The maximum Gasteiger partial charge on any atom is 0.198 e. The SMILES string of the molecule is CCCCC/C=C/C/C=C/CCCCCCC[C]=O. The van der Waals surface area contributed by atoms with E-state index < -0.39 is 0 Å². The van der Waals surface area contributed by atoms with Crippen molar-refractivity contribution >= 4 is 6.29 Å². The zero-order chi connectivity index (χ0) is 14.0. The molecule has 0 unspecified atom stereocenters. The summed E-state index contributed by atoms with van der Waals surface area (Å²) in [5, 5.41) is 0. The minimum atomic E-state index is 0.616. The largest absolute Gasteiger partial charge is 0.291 e. The molecule has 0 aromatic carbocycles. The highest BCUT2D eigenvalue weighted by Crippen LogP contribution is 2.07. The van der Waals surface area contributed by atoms with Crippen LogP contribution < -0.4 is 0 Å². The van der Waals surface area contributed by atoms with Crippen LogP contribution in [-0.2, 0) is 4.79 Å². The molecule has 0 aliphatic heterocycles. The first-order valence-corrected chi connectivity index (χ1v) is 8.06. The zero-order valence-corrected chi connectivity index (χ0v) is 12.7. The zero-order valence-electron chi connectivity index (χ0n) is 12.7. The third-order valence-corrected chi connectivity index (χ3v) is 3.23. The van der Waals surface area contributed by atoms with E-state index in [1.807, 2.05) is 6.29 Å². The van der Waals surface area contributed by atoms with Gasteiger partial charge in [-0.1, -0.05) is 63.3 Å². The number of rotatable bonds is 14. The third-order valence-electron chi connectivity index (χ3n) is 3.23. The summed E-state index contributed by atoms with van der Waals surface area (Å²) in [4.78, 5) is 10.00. The second kappa shape index (κ2) is 17.2. The standard InChI is InChI=1S/C18H31O/c1-2-3-4-5-6-7-8-9-10-11-12-13-14-15-16-17-18-19/h6-7,9-10H,2-5,8,11-17H2,1H3/b7-6+,10-9+. The predicted molar refractivity (Wildman–Crippen MR) is 85.1 cm³/mol. The molecule has 0 fully saturated rings. The minimum Gasteiger partial charge on any atom is -0.291 e. The lowest BCUT2D eigenvalue weighted by Crippen LogP contribution is -1.80. The number of unbranched alkanes of at least 4 members (excludes halogenated alkanes) is 9. The Hall–Kier alpha value is -0.850. The van der Waals surface area contributed by atoms with E-state index in [-0.39, 0.29) is 0 Å². The van der Waals surface area contributed by atoms with Crippen molar-refractivity contribution in [1.29, 1.82) is 0 Å². The van der Waals surface area contributed by atoms with Gasteiger partial charge >= 0.3 is 0 Å². The Labute approximate surface area is 120 Å². The van der Waals surface area contributed by atoms with Gasteiger partial charge in [-0.05, 0) is 38.5 Å². The van der Waals surface area contributed by atoms with E-state index in [2.05, 4.69) is 31.2 Å². The van der Waals surface area contributed by atoms with E-state index in [1.165, 1.54) is 57.8 Å². The molecule has 0 saturated carbocycles. The van der Waals surface area contributed by atoms with Gasteiger partial charge in [0.05, 0.1) is 0 Å². The van der Waals surface area contributed by atoms with Gasteiger partial charge < -0.3 is 0 Å². The lowest BCUT2D eigenvalue weighted by atomic mass is 10.1. The second-order valence-corrected chi connectivity index (χ2v) is 5.13. The Kier molecular flexibility index (Phi) is 16.4. The molecule has 19 heavy (non-hydrogen) atoms. The maximum atomic E-state index is 10.00. The van der Waals surface area contributed by atoms with Gasteiger partial charge in [0.25, 0.3) is 0 Å². The Balaban J connectivity index is 3.14. The molecule has 0 aliphatic rings. The molecule has 0 heterocycles. The molecule has 0 aliphatic carbocycles. The molecule has 0 saturated heterocycles. The summed E-state index contributed by atoms with van der Waals surface area (Å²) in [6.07, 6.45) is 25.3. The van der Waals surface area contributed by atoms with Crippen LogP contribution >= 0.6 is 0 Å².